The van der Waals surface area contributed by atoms with Gasteiger partial charge in [-0.1, -0.05) is 37.0 Å². The van der Waals surface area contributed by atoms with Gasteiger partial charge in [-0.3, -0.25) is 4.79 Å². The summed E-state index contributed by atoms with van der Waals surface area (Å²) in [6.07, 6.45) is 7.93. The molecule has 0 radical (unpaired) electrons. The monoisotopic (exact) mass is 337 g/mol. The van der Waals surface area contributed by atoms with Crippen molar-refractivity contribution in [2.45, 2.75) is 19.4 Å². The summed E-state index contributed by atoms with van der Waals surface area (Å²) < 4.78 is 13.2. The van der Waals surface area contributed by atoms with Crippen LogP contribution in [-0.2, 0) is 4.79 Å². The van der Waals surface area contributed by atoms with Crippen LogP contribution in [0.4, 0.5) is 4.39 Å². The molecule has 0 bridgehead atoms. The number of β-amino-alcohol motifs (C(OH)–C–C–N with tert-alkyl or cyclic N) is 1. The lowest BCUT2D eigenvalue weighted by Gasteiger charge is -2.37. The van der Waals surface area contributed by atoms with Crippen molar-refractivity contribution >= 4 is 5.91 Å². The van der Waals surface area contributed by atoms with E-state index in [0.29, 0.717) is 24.2 Å². The van der Waals surface area contributed by atoms with E-state index in [2.05, 4.69) is 11.8 Å². The topological polar surface area (TPSA) is 40.5 Å². The van der Waals surface area contributed by atoms with Crippen LogP contribution in [0.1, 0.15) is 18.9 Å². The molecule has 1 aliphatic carbocycles. The highest BCUT2D eigenvalue weighted by Gasteiger charge is 2.32. The summed E-state index contributed by atoms with van der Waals surface area (Å²) in [7, 11) is 0. The van der Waals surface area contributed by atoms with Gasteiger partial charge in [0.1, 0.15) is 5.82 Å². The minimum atomic E-state index is -0.408. The van der Waals surface area contributed by atoms with Crippen molar-refractivity contribution < 1.29 is 14.3 Å². The molecule has 0 aromatic heterocycles. The lowest BCUT2D eigenvalue weighted by Crippen LogP contribution is -2.54. The molecule has 0 saturated carbocycles. The third-order valence-corrected chi connectivity index (χ3v) is 4.36. The Bertz CT molecular complexity index is 820. The van der Waals surface area contributed by atoms with Crippen LogP contribution < -0.4 is 0 Å². The molecule has 1 amide bonds. The molecule has 1 unspecified atom stereocenters. The normalized spacial score (nSPS) is 20.0. The van der Waals surface area contributed by atoms with Gasteiger partial charge in [-0.05, 0) is 36.8 Å². The van der Waals surface area contributed by atoms with Crippen molar-refractivity contribution in [1.82, 2.24) is 4.90 Å². The number of likely N-dealkylation sites (tertiary alicyclic amines) is 1. The number of carbonyl (C=O) groups is 1. The number of hydrogen-bond donors (Lipinski definition) is 1. The maximum absolute atomic E-state index is 13.2. The zero-order valence-corrected chi connectivity index (χ0v) is 14.1. The van der Waals surface area contributed by atoms with Crippen LogP contribution >= 0.6 is 0 Å². The molecule has 25 heavy (non-hydrogen) atoms. The van der Waals surface area contributed by atoms with Crippen LogP contribution in [0.5, 0.6) is 0 Å². The fraction of sp³-hybridized carbons (Fsp3) is 0.286. The van der Waals surface area contributed by atoms with Crippen molar-refractivity contribution in [3.05, 3.63) is 71.1 Å². The number of allylic oxidation sites excluding steroid dienone is 5. The zero-order chi connectivity index (χ0) is 17.8. The third kappa shape index (κ3) is 4.07. The molecular weight excluding hydrogens is 317 g/mol. The number of rotatable bonds is 2. The van der Waals surface area contributed by atoms with Gasteiger partial charge in [0.05, 0.1) is 6.10 Å². The Morgan fingerprint density at radius 1 is 1.32 bits per heavy atom. The summed E-state index contributed by atoms with van der Waals surface area (Å²) in [4.78, 5) is 14.2. The van der Waals surface area contributed by atoms with Gasteiger partial charge >= 0.3 is 0 Å². The van der Waals surface area contributed by atoms with Crippen molar-refractivity contribution in [2.24, 2.45) is 5.92 Å². The van der Waals surface area contributed by atoms with E-state index in [4.69, 9.17) is 0 Å². The molecule has 3 rings (SSSR count). The van der Waals surface area contributed by atoms with Gasteiger partial charge in [-0.25, -0.2) is 4.39 Å². The van der Waals surface area contributed by atoms with E-state index in [1.54, 1.807) is 17.0 Å². The number of hydrogen-bond acceptors (Lipinski definition) is 2. The summed E-state index contributed by atoms with van der Waals surface area (Å²) >= 11 is 0. The standard InChI is InChI=1S/C21H20FNO2/c1-2-17-10-8-15(6-7-16-4-3-5-18(22)12-16)9-11-20(17)21(25)23-13-19(24)14-23/h3-5,8-12,17,19,24H,2,13-14H2,1H3. The second-order valence-corrected chi connectivity index (χ2v) is 6.24. The predicted octanol–water partition coefficient (Wildman–Crippen LogP) is 2.83. The number of aliphatic hydroxyl groups excluding tert-OH is 1. The van der Waals surface area contributed by atoms with Crippen LogP contribution in [0.2, 0.25) is 0 Å². The molecule has 0 spiro atoms. The first-order chi connectivity index (χ1) is 12.1. The van der Waals surface area contributed by atoms with Crippen molar-refractivity contribution in [2.75, 3.05) is 13.1 Å². The SMILES string of the molecule is CCC1C=CC(C#Cc2cccc(F)c2)=CC=C1C(=O)N1CC(O)C1. The maximum atomic E-state index is 13.2. The molecule has 4 heteroatoms. The van der Waals surface area contributed by atoms with Crippen LogP contribution in [0.3, 0.4) is 0 Å². The Hall–Kier alpha value is -2.64. The molecule has 128 valence electrons. The highest BCUT2D eigenvalue weighted by molar-refractivity contribution is 5.95. The Kier molecular flexibility index (Phi) is 5.16. The maximum Gasteiger partial charge on any atom is 0.250 e. The largest absolute Gasteiger partial charge is 0.389 e. The first kappa shape index (κ1) is 17.2. The molecule has 1 heterocycles. The summed E-state index contributed by atoms with van der Waals surface area (Å²) in [5.41, 5.74) is 2.10. The van der Waals surface area contributed by atoms with Gasteiger partial charge in [0.15, 0.2) is 0 Å². The minimum Gasteiger partial charge on any atom is -0.389 e. The number of benzene rings is 1. The Morgan fingerprint density at radius 2 is 2.12 bits per heavy atom. The van der Waals surface area contributed by atoms with Gasteiger partial charge in [0.2, 0.25) is 0 Å². The van der Waals surface area contributed by atoms with E-state index < -0.39 is 6.10 Å². The predicted molar refractivity (Wildman–Crippen MR) is 95.0 cm³/mol. The third-order valence-electron chi connectivity index (χ3n) is 4.36. The molecule has 1 aromatic carbocycles. The molecule has 1 aliphatic heterocycles. The van der Waals surface area contributed by atoms with E-state index >= 15 is 0 Å². The van der Waals surface area contributed by atoms with E-state index in [1.165, 1.54) is 12.1 Å². The van der Waals surface area contributed by atoms with Crippen LogP contribution in [-0.4, -0.2) is 35.1 Å². The molecule has 1 fully saturated rings. The Morgan fingerprint density at radius 3 is 2.80 bits per heavy atom. The van der Waals surface area contributed by atoms with Gasteiger partial charge in [0.25, 0.3) is 5.91 Å². The first-order valence-electron chi connectivity index (χ1n) is 8.42. The Balaban J connectivity index is 1.82. The first-order valence-corrected chi connectivity index (χ1v) is 8.42. The fourth-order valence-corrected chi connectivity index (χ4v) is 2.87. The number of halogens is 1. The van der Waals surface area contributed by atoms with Gasteiger partial charge in [0, 0.05) is 35.7 Å². The lowest BCUT2D eigenvalue weighted by molar-refractivity contribution is -0.137. The molecule has 1 saturated heterocycles. The van der Waals surface area contributed by atoms with Crippen LogP contribution in [0.15, 0.2) is 59.7 Å². The summed E-state index contributed by atoms with van der Waals surface area (Å²) in [6.45, 7) is 2.82. The van der Waals surface area contributed by atoms with E-state index in [0.717, 1.165) is 12.0 Å². The van der Waals surface area contributed by atoms with Crippen molar-refractivity contribution in [3.8, 4) is 11.8 Å². The zero-order valence-electron chi connectivity index (χ0n) is 14.1. The average Bonchev–Trinajstić information content (AvgIpc) is 2.79. The second-order valence-electron chi connectivity index (χ2n) is 6.24. The minimum absolute atomic E-state index is 0.0231. The number of aliphatic hydroxyl groups is 1. The highest BCUT2D eigenvalue weighted by atomic mass is 19.1. The van der Waals surface area contributed by atoms with Crippen molar-refractivity contribution in [1.29, 1.82) is 0 Å². The summed E-state index contributed by atoms with van der Waals surface area (Å²) in [5, 5.41) is 9.40. The highest BCUT2D eigenvalue weighted by Crippen LogP contribution is 2.25. The van der Waals surface area contributed by atoms with Crippen LogP contribution in [0, 0.1) is 23.6 Å². The number of carbonyl (C=O) groups excluding carboxylic acids is 1. The molecule has 1 N–H and O–H groups in total. The number of amides is 1. The summed E-state index contributed by atoms with van der Waals surface area (Å²) in [6, 6.07) is 6.16. The van der Waals surface area contributed by atoms with E-state index in [9.17, 15) is 14.3 Å². The van der Waals surface area contributed by atoms with Gasteiger partial charge < -0.3 is 10.0 Å². The van der Waals surface area contributed by atoms with Gasteiger partial charge in [-0.2, -0.15) is 0 Å². The molecule has 2 aliphatic rings. The smallest absolute Gasteiger partial charge is 0.250 e. The molecule has 3 nitrogen and oxygen atoms in total. The lowest BCUT2D eigenvalue weighted by atomic mass is 9.94. The Labute approximate surface area is 147 Å². The average molecular weight is 337 g/mol. The molecule has 1 atom stereocenters. The second kappa shape index (κ2) is 7.50. The van der Waals surface area contributed by atoms with Crippen molar-refractivity contribution in [3.63, 3.8) is 0 Å². The fourth-order valence-electron chi connectivity index (χ4n) is 2.87. The molecular formula is C21H20FNO2. The molecule has 1 aromatic rings. The quantitative estimate of drug-likeness (QED) is 0.843. The van der Waals surface area contributed by atoms with E-state index in [1.807, 2.05) is 31.2 Å². The van der Waals surface area contributed by atoms with Crippen LogP contribution in [0.25, 0.3) is 0 Å². The number of nitrogens with zero attached hydrogens (tertiary/aromatic N) is 1. The van der Waals surface area contributed by atoms with E-state index in [-0.39, 0.29) is 17.6 Å². The summed E-state index contributed by atoms with van der Waals surface area (Å²) in [5.74, 6) is 5.65. The van der Waals surface area contributed by atoms with Gasteiger partial charge in [-0.15, -0.1) is 0 Å².